The topological polar surface area (TPSA) is 80.1 Å². The van der Waals surface area contributed by atoms with Crippen molar-refractivity contribution in [1.29, 1.82) is 0 Å². The normalized spacial score (nSPS) is 15.2. The number of amides is 1. The van der Waals surface area contributed by atoms with E-state index in [4.69, 9.17) is 4.74 Å². The van der Waals surface area contributed by atoms with Gasteiger partial charge in [-0.15, -0.1) is 0 Å². The minimum Gasteiger partial charge on any atom is -0.483 e. The van der Waals surface area contributed by atoms with E-state index in [0.717, 1.165) is 31.7 Å². The average Bonchev–Trinajstić information content (AvgIpc) is 2.69. The third kappa shape index (κ3) is 5.48. The van der Waals surface area contributed by atoms with E-state index in [-0.39, 0.29) is 17.4 Å². The van der Waals surface area contributed by atoms with Crippen LogP contribution in [0.1, 0.15) is 11.1 Å². The quantitative estimate of drug-likeness (QED) is 0.729. The van der Waals surface area contributed by atoms with Gasteiger partial charge in [-0.1, -0.05) is 17.7 Å². The molecule has 0 spiro atoms. The predicted octanol–water partition coefficient (Wildman–Crippen LogP) is 0.840. The zero-order valence-electron chi connectivity index (χ0n) is 17.1. The molecule has 1 saturated heterocycles. The monoisotopic (exact) mass is 418 g/mol. The summed E-state index contributed by atoms with van der Waals surface area (Å²) in [5.74, 6) is 0.460. The van der Waals surface area contributed by atoms with Gasteiger partial charge in [0.25, 0.3) is 15.9 Å². The highest BCUT2D eigenvalue weighted by Gasteiger charge is 2.22. The Morgan fingerprint density at radius 3 is 2.38 bits per heavy atom. The van der Waals surface area contributed by atoms with Crippen LogP contribution in [0, 0.1) is 13.8 Å². The highest BCUT2D eigenvalue weighted by molar-refractivity contribution is 7.92. The number of anilines is 1. The number of likely N-dealkylation sites (N-methyl/N-ethyl adjacent to an activating group) is 1. The number of benzene rings is 2. The van der Waals surface area contributed by atoms with Crippen molar-refractivity contribution < 1.29 is 22.8 Å². The van der Waals surface area contributed by atoms with Crippen molar-refractivity contribution >= 4 is 21.6 Å². The molecule has 0 bridgehead atoms. The first-order valence-electron chi connectivity index (χ1n) is 9.66. The maximum Gasteiger partial charge on any atom is 0.261 e. The lowest BCUT2D eigenvalue weighted by atomic mass is 10.2. The molecule has 29 heavy (non-hydrogen) atoms. The lowest BCUT2D eigenvalue weighted by molar-refractivity contribution is -0.883. The van der Waals surface area contributed by atoms with Gasteiger partial charge in [0.05, 0.1) is 38.1 Å². The van der Waals surface area contributed by atoms with Crippen LogP contribution in [0.4, 0.5) is 5.69 Å². The number of carbonyl (C=O) groups excluding carboxylic acids is 1. The van der Waals surface area contributed by atoms with Gasteiger partial charge in [0, 0.05) is 5.69 Å². The van der Waals surface area contributed by atoms with Crippen molar-refractivity contribution in [2.45, 2.75) is 18.7 Å². The maximum atomic E-state index is 12.6. The third-order valence-corrected chi connectivity index (χ3v) is 6.46. The second kappa shape index (κ2) is 8.84. The summed E-state index contributed by atoms with van der Waals surface area (Å²) < 4.78 is 33.5. The summed E-state index contributed by atoms with van der Waals surface area (Å²) in [7, 11) is -1.59. The molecular formula is C21H28N3O4S+. The Labute approximate surface area is 172 Å². The van der Waals surface area contributed by atoms with Gasteiger partial charge >= 0.3 is 0 Å². The largest absolute Gasteiger partial charge is 0.483 e. The third-order valence-electron chi connectivity index (χ3n) is 5.08. The number of hydrogen-bond acceptors (Lipinski definition) is 4. The number of piperazine rings is 1. The number of nitrogens with zero attached hydrogens (tertiary/aromatic N) is 1. The average molecular weight is 419 g/mol. The predicted molar refractivity (Wildman–Crippen MR) is 112 cm³/mol. The molecule has 8 heteroatoms. The van der Waals surface area contributed by atoms with E-state index in [0.29, 0.717) is 17.0 Å². The number of ether oxygens (including phenoxy) is 1. The standard InChI is InChI=1S/C21H27N3O4S/c1-16-4-6-18(7-5-16)22-29(26,27)19-8-9-20(17(2)14-19)28-15-21(25)24-12-10-23(3)11-13-24/h4-9,14,22H,10-13,15H2,1-3H3/p+1. The molecule has 1 heterocycles. The molecule has 0 radical (unpaired) electrons. The molecule has 0 atom stereocenters. The van der Waals surface area contributed by atoms with Gasteiger partial charge in [0.15, 0.2) is 6.61 Å². The molecular weight excluding hydrogens is 390 g/mol. The molecule has 1 aliphatic rings. The lowest BCUT2D eigenvalue weighted by Crippen LogP contribution is -3.12. The van der Waals surface area contributed by atoms with Gasteiger partial charge in [-0.05, 0) is 49.7 Å². The van der Waals surface area contributed by atoms with Gasteiger partial charge in [-0.3, -0.25) is 9.52 Å². The molecule has 0 aliphatic carbocycles. The first kappa shape index (κ1) is 21.1. The SMILES string of the molecule is Cc1ccc(NS(=O)(=O)c2ccc(OCC(=O)N3CC[NH+](C)CC3)c(C)c2)cc1. The van der Waals surface area contributed by atoms with Gasteiger partial charge in [0.1, 0.15) is 5.75 Å². The summed E-state index contributed by atoms with van der Waals surface area (Å²) in [4.78, 5) is 15.7. The van der Waals surface area contributed by atoms with E-state index in [2.05, 4.69) is 11.8 Å². The molecule has 7 nitrogen and oxygen atoms in total. The number of carbonyl (C=O) groups is 1. The van der Waals surface area contributed by atoms with Gasteiger partial charge < -0.3 is 14.5 Å². The minimum absolute atomic E-state index is 0.0466. The summed E-state index contributed by atoms with van der Waals surface area (Å²) in [5, 5.41) is 0. The van der Waals surface area contributed by atoms with Crippen LogP contribution < -0.4 is 14.4 Å². The lowest BCUT2D eigenvalue weighted by Gasteiger charge is -2.30. The molecule has 1 fully saturated rings. The maximum absolute atomic E-state index is 12.6. The van der Waals surface area contributed by atoms with Gasteiger partial charge in [0.2, 0.25) is 0 Å². The van der Waals surface area contributed by atoms with Crippen LogP contribution in [-0.2, 0) is 14.8 Å². The van der Waals surface area contributed by atoms with Crippen LogP contribution in [0.5, 0.6) is 5.75 Å². The summed E-state index contributed by atoms with van der Waals surface area (Å²) in [6.45, 7) is 6.99. The molecule has 0 aromatic heterocycles. The zero-order chi connectivity index (χ0) is 21.0. The fraction of sp³-hybridized carbons (Fsp3) is 0.381. The number of sulfonamides is 1. The Kier molecular flexibility index (Phi) is 6.44. The Bertz CT molecular complexity index is 966. The van der Waals surface area contributed by atoms with Crippen LogP contribution in [0.25, 0.3) is 0 Å². The van der Waals surface area contributed by atoms with Crippen molar-refractivity contribution in [3.05, 3.63) is 53.6 Å². The Hall–Kier alpha value is -2.58. The Balaban J connectivity index is 1.63. The molecule has 2 aromatic carbocycles. The summed E-state index contributed by atoms with van der Waals surface area (Å²) in [5.41, 5.74) is 2.22. The van der Waals surface area contributed by atoms with Gasteiger partial charge in [-0.25, -0.2) is 8.42 Å². The zero-order valence-corrected chi connectivity index (χ0v) is 17.9. The molecule has 2 N–H and O–H groups in total. The molecule has 156 valence electrons. The van der Waals surface area contributed by atoms with Crippen LogP contribution in [-0.4, -0.2) is 59.1 Å². The first-order valence-corrected chi connectivity index (χ1v) is 11.1. The fourth-order valence-electron chi connectivity index (χ4n) is 3.16. The second-order valence-electron chi connectivity index (χ2n) is 7.53. The molecule has 2 aromatic rings. The van der Waals surface area contributed by atoms with Crippen LogP contribution >= 0.6 is 0 Å². The molecule has 1 aliphatic heterocycles. The van der Waals surface area contributed by atoms with Crippen molar-refractivity contribution in [2.75, 3.05) is 44.6 Å². The summed E-state index contributed by atoms with van der Waals surface area (Å²) >= 11 is 0. The smallest absolute Gasteiger partial charge is 0.261 e. The van der Waals surface area contributed by atoms with Crippen molar-refractivity contribution in [1.82, 2.24) is 4.90 Å². The van der Waals surface area contributed by atoms with E-state index in [1.54, 1.807) is 31.2 Å². The van der Waals surface area contributed by atoms with Crippen LogP contribution in [0.2, 0.25) is 0 Å². The fourth-order valence-corrected chi connectivity index (χ4v) is 4.30. The first-order chi connectivity index (χ1) is 13.7. The highest BCUT2D eigenvalue weighted by Crippen LogP contribution is 2.24. The van der Waals surface area contributed by atoms with Gasteiger partial charge in [-0.2, -0.15) is 0 Å². The summed E-state index contributed by atoms with van der Waals surface area (Å²) in [6.07, 6.45) is 0. The van der Waals surface area contributed by atoms with E-state index in [1.807, 2.05) is 24.0 Å². The number of aryl methyl sites for hydroxylation is 2. The van der Waals surface area contributed by atoms with E-state index in [1.165, 1.54) is 11.0 Å². The molecule has 1 amide bonds. The number of hydrogen-bond donors (Lipinski definition) is 2. The van der Waals surface area contributed by atoms with Crippen molar-refractivity contribution in [3.8, 4) is 5.75 Å². The summed E-state index contributed by atoms with van der Waals surface area (Å²) in [6, 6.07) is 11.8. The van der Waals surface area contributed by atoms with Crippen LogP contribution in [0.3, 0.4) is 0 Å². The molecule has 0 unspecified atom stereocenters. The Morgan fingerprint density at radius 2 is 1.76 bits per heavy atom. The van der Waals surface area contributed by atoms with E-state index in [9.17, 15) is 13.2 Å². The number of rotatable bonds is 6. The molecule has 3 rings (SSSR count). The Morgan fingerprint density at radius 1 is 1.10 bits per heavy atom. The molecule has 0 saturated carbocycles. The number of quaternary nitrogens is 1. The highest BCUT2D eigenvalue weighted by atomic mass is 32.2. The van der Waals surface area contributed by atoms with Crippen molar-refractivity contribution in [2.24, 2.45) is 0 Å². The van der Waals surface area contributed by atoms with Crippen LogP contribution in [0.15, 0.2) is 47.4 Å². The van der Waals surface area contributed by atoms with E-state index < -0.39 is 10.0 Å². The minimum atomic E-state index is -3.70. The van der Waals surface area contributed by atoms with E-state index >= 15 is 0 Å². The second-order valence-corrected chi connectivity index (χ2v) is 9.21. The number of nitrogens with one attached hydrogen (secondary N) is 2. The van der Waals surface area contributed by atoms with Crippen molar-refractivity contribution in [3.63, 3.8) is 0 Å².